The van der Waals surface area contributed by atoms with Gasteiger partial charge >= 0.3 is 0 Å². The molecule has 5 nitrogen and oxygen atoms in total. The summed E-state index contributed by atoms with van der Waals surface area (Å²) in [5, 5.41) is 11.4. The molecule has 0 saturated carbocycles. The van der Waals surface area contributed by atoms with E-state index in [1.54, 1.807) is 24.3 Å². The minimum Gasteiger partial charge on any atom is -0.293 e. The van der Waals surface area contributed by atoms with Crippen LogP contribution in [0.2, 0.25) is 0 Å². The SMILES string of the molecule is Cc1ccc(C(=O)C(=O)Nc2nnc(-c3ccccc3)s2)cc1. The molecule has 0 aliphatic heterocycles. The molecule has 3 rings (SSSR count). The topological polar surface area (TPSA) is 72.0 Å². The summed E-state index contributed by atoms with van der Waals surface area (Å²) in [5.74, 6) is -1.31. The number of ketones is 1. The van der Waals surface area contributed by atoms with Crippen LogP contribution in [0.3, 0.4) is 0 Å². The van der Waals surface area contributed by atoms with Crippen molar-refractivity contribution in [3.63, 3.8) is 0 Å². The molecular weight excluding hydrogens is 310 g/mol. The van der Waals surface area contributed by atoms with E-state index in [1.165, 1.54) is 11.3 Å². The molecule has 6 heteroatoms. The van der Waals surface area contributed by atoms with Crippen LogP contribution in [0.5, 0.6) is 0 Å². The van der Waals surface area contributed by atoms with Crippen LogP contribution in [0.15, 0.2) is 54.6 Å². The Bertz CT molecular complexity index is 842. The van der Waals surface area contributed by atoms with Gasteiger partial charge in [0.05, 0.1) is 0 Å². The first-order chi connectivity index (χ1) is 11.1. The van der Waals surface area contributed by atoms with Crippen molar-refractivity contribution in [3.05, 3.63) is 65.7 Å². The maximum atomic E-state index is 12.1. The van der Waals surface area contributed by atoms with Crippen LogP contribution >= 0.6 is 11.3 Å². The number of aromatic nitrogens is 2. The van der Waals surface area contributed by atoms with E-state index in [-0.39, 0.29) is 0 Å². The molecule has 1 N–H and O–H groups in total. The Morgan fingerprint density at radius 1 is 0.957 bits per heavy atom. The number of benzene rings is 2. The maximum absolute atomic E-state index is 12.1. The number of amides is 1. The van der Waals surface area contributed by atoms with Gasteiger partial charge in [0.15, 0.2) is 0 Å². The van der Waals surface area contributed by atoms with Gasteiger partial charge in [0.2, 0.25) is 5.13 Å². The van der Waals surface area contributed by atoms with Crippen molar-refractivity contribution in [2.75, 3.05) is 5.32 Å². The number of hydrogen-bond acceptors (Lipinski definition) is 5. The summed E-state index contributed by atoms with van der Waals surface area (Å²) in [6.45, 7) is 1.92. The quantitative estimate of drug-likeness (QED) is 0.590. The molecular formula is C17H13N3O2S. The zero-order valence-corrected chi connectivity index (χ0v) is 13.1. The molecule has 0 fully saturated rings. The number of nitrogens with zero attached hydrogens (tertiary/aromatic N) is 2. The lowest BCUT2D eigenvalue weighted by Crippen LogP contribution is -2.22. The molecule has 0 aliphatic carbocycles. The van der Waals surface area contributed by atoms with E-state index in [2.05, 4.69) is 15.5 Å². The summed E-state index contributed by atoms with van der Waals surface area (Å²) >= 11 is 1.22. The number of Topliss-reactive ketones (excluding diaryl/α,β-unsaturated/α-hetero) is 1. The Morgan fingerprint density at radius 2 is 1.65 bits per heavy atom. The van der Waals surface area contributed by atoms with Crippen molar-refractivity contribution in [2.45, 2.75) is 6.92 Å². The van der Waals surface area contributed by atoms with Gasteiger partial charge in [-0.2, -0.15) is 0 Å². The third kappa shape index (κ3) is 3.49. The number of carbonyl (C=O) groups is 2. The lowest BCUT2D eigenvalue weighted by molar-refractivity contribution is -0.112. The van der Waals surface area contributed by atoms with Crippen molar-refractivity contribution in [2.24, 2.45) is 0 Å². The summed E-state index contributed by atoms with van der Waals surface area (Å²) in [4.78, 5) is 24.1. The number of hydrogen-bond donors (Lipinski definition) is 1. The molecule has 0 atom stereocenters. The fourth-order valence-electron chi connectivity index (χ4n) is 1.96. The van der Waals surface area contributed by atoms with Crippen molar-refractivity contribution in [1.29, 1.82) is 0 Å². The highest BCUT2D eigenvalue weighted by Gasteiger charge is 2.18. The average molecular weight is 323 g/mol. The van der Waals surface area contributed by atoms with Gasteiger partial charge in [0.1, 0.15) is 5.01 Å². The zero-order valence-electron chi connectivity index (χ0n) is 12.3. The van der Waals surface area contributed by atoms with Gasteiger partial charge in [-0.15, -0.1) is 10.2 Å². The van der Waals surface area contributed by atoms with E-state index >= 15 is 0 Å². The van der Waals surface area contributed by atoms with Gasteiger partial charge in [-0.05, 0) is 6.92 Å². The predicted molar refractivity (Wildman–Crippen MR) is 89.5 cm³/mol. The largest absolute Gasteiger partial charge is 0.298 e. The molecule has 2 aromatic carbocycles. The van der Waals surface area contributed by atoms with Crippen LogP contribution < -0.4 is 5.32 Å². The Labute approximate surface area is 137 Å². The number of anilines is 1. The Hall–Kier alpha value is -2.86. The highest BCUT2D eigenvalue weighted by atomic mass is 32.1. The third-order valence-corrected chi connectivity index (χ3v) is 4.07. The van der Waals surface area contributed by atoms with Crippen LogP contribution in [0.1, 0.15) is 15.9 Å². The second-order valence-corrected chi connectivity index (χ2v) is 5.91. The molecule has 0 bridgehead atoms. The standard InChI is InChI=1S/C17H13N3O2S/c1-11-7-9-12(10-8-11)14(21)15(22)18-17-20-19-16(23-17)13-5-3-2-4-6-13/h2-10H,1H3,(H,18,20,22). The maximum Gasteiger partial charge on any atom is 0.298 e. The number of carbonyl (C=O) groups excluding carboxylic acids is 2. The van der Waals surface area contributed by atoms with Gasteiger partial charge in [-0.1, -0.05) is 71.5 Å². The minimum absolute atomic E-state index is 0.300. The molecule has 1 aromatic heterocycles. The van der Waals surface area contributed by atoms with E-state index in [4.69, 9.17) is 0 Å². The molecule has 0 spiro atoms. The van der Waals surface area contributed by atoms with E-state index in [1.807, 2.05) is 37.3 Å². The molecule has 1 amide bonds. The van der Waals surface area contributed by atoms with E-state index in [0.29, 0.717) is 15.7 Å². The van der Waals surface area contributed by atoms with Gasteiger partial charge in [-0.25, -0.2) is 0 Å². The van der Waals surface area contributed by atoms with Gasteiger partial charge in [0.25, 0.3) is 11.7 Å². The minimum atomic E-state index is -0.718. The van der Waals surface area contributed by atoms with Crippen LogP contribution in [-0.2, 0) is 4.79 Å². The molecule has 23 heavy (non-hydrogen) atoms. The molecule has 3 aromatic rings. The van der Waals surface area contributed by atoms with Gasteiger partial charge in [-0.3, -0.25) is 14.9 Å². The lowest BCUT2D eigenvalue weighted by Gasteiger charge is -2.01. The summed E-state index contributed by atoms with van der Waals surface area (Å²) < 4.78 is 0. The first kappa shape index (κ1) is 15.1. The van der Waals surface area contributed by atoms with Crippen LogP contribution in [-0.4, -0.2) is 21.9 Å². The van der Waals surface area contributed by atoms with E-state index in [9.17, 15) is 9.59 Å². The summed E-state index contributed by atoms with van der Waals surface area (Å²) in [6.07, 6.45) is 0. The number of nitrogens with one attached hydrogen (secondary N) is 1. The monoisotopic (exact) mass is 323 g/mol. The van der Waals surface area contributed by atoms with Crippen molar-refractivity contribution >= 4 is 28.2 Å². The average Bonchev–Trinajstić information content (AvgIpc) is 3.04. The van der Waals surface area contributed by atoms with Crippen molar-refractivity contribution in [1.82, 2.24) is 10.2 Å². The Balaban J connectivity index is 1.72. The first-order valence-electron chi connectivity index (χ1n) is 6.95. The molecule has 0 aliphatic rings. The smallest absolute Gasteiger partial charge is 0.293 e. The lowest BCUT2D eigenvalue weighted by atomic mass is 10.1. The molecule has 0 radical (unpaired) electrons. The predicted octanol–water partition coefficient (Wildman–Crippen LogP) is 3.33. The van der Waals surface area contributed by atoms with E-state index < -0.39 is 11.7 Å². The second kappa shape index (κ2) is 6.50. The van der Waals surface area contributed by atoms with E-state index in [0.717, 1.165) is 11.1 Å². The Morgan fingerprint density at radius 3 is 2.35 bits per heavy atom. The highest BCUT2D eigenvalue weighted by Crippen LogP contribution is 2.25. The highest BCUT2D eigenvalue weighted by molar-refractivity contribution is 7.18. The first-order valence-corrected chi connectivity index (χ1v) is 7.76. The number of rotatable bonds is 4. The van der Waals surface area contributed by atoms with Crippen molar-refractivity contribution in [3.8, 4) is 10.6 Å². The zero-order chi connectivity index (χ0) is 16.2. The fraction of sp³-hybridized carbons (Fsp3) is 0.0588. The summed E-state index contributed by atoms with van der Waals surface area (Å²) in [6, 6.07) is 16.4. The second-order valence-electron chi connectivity index (χ2n) is 4.93. The van der Waals surface area contributed by atoms with Crippen LogP contribution in [0.25, 0.3) is 10.6 Å². The normalized spacial score (nSPS) is 10.3. The Kier molecular flexibility index (Phi) is 4.25. The summed E-state index contributed by atoms with van der Waals surface area (Å²) in [7, 11) is 0. The summed E-state index contributed by atoms with van der Waals surface area (Å²) in [5.41, 5.74) is 2.29. The molecule has 1 heterocycles. The third-order valence-electron chi connectivity index (χ3n) is 3.19. The molecule has 0 saturated heterocycles. The van der Waals surface area contributed by atoms with Gasteiger partial charge < -0.3 is 0 Å². The number of aryl methyl sites for hydroxylation is 1. The molecule has 0 unspecified atom stereocenters. The van der Waals surface area contributed by atoms with Crippen LogP contribution in [0, 0.1) is 6.92 Å². The fourth-order valence-corrected chi connectivity index (χ4v) is 2.71. The van der Waals surface area contributed by atoms with Gasteiger partial charge in [0, 0.05) is 11.1 Å². The van der Waals surface area contributed by atoms with Crippen LogP contribution in [0.4, 0.5) is 5.13 Å². The molecule has 114 valence electrons. The van der Waals surface area contributed by atoms with Crippen molar-refractivity contribution < 1.29 is 9.59 Å².